The van der Waals surface area contributed by atoms with Crippen LogP contribution in [0.5, 0.6) is 5.75 Å². The fourth-order valence-corrected chi connectivity index (χ4v) is 3.48. The Kier molecular flexibility index (Phi) is 5.27. The molecular weight excluding hydrogens is 358 g/mol. The molecule has 4 nitrogen and oxygen atoms in total. The molecule has 0 fully saturated rings. The zero-order valence-electron chi connectivity index (χ0n) is 14.1. The van der Waals surface area contributed by atoms with E-state index in [4.69, 9.17) is 4.74 Å². The monoisotopic (exact) mass is 374 g/mol. The normalized spacial score (nSPS) is 11.8. The molecule has 1 unspecified atom stereocenters. The molecule has 0 saturated carbocycles. The number of ether oxygens (including phenoxy) is 1. The molecule has 0 radical (unpaired) electrons. The highest BCUT2D eigenvalue weighted by Gasteiger charge is 2.21. The van der Waals surface area contributed by atoms with Crippen LogP contribution in [0, 0.1) is 11.6 Å². The van der Waals surface area contributed by atoms with E-state index in [1.807, 2.05) is 29.6 Å². The molecule has 1 atom stereocenters. The average molecular weight is 374 g/mol. The number of hydrogen-bond donors (Lipinski definition) is 1. The van der Waals surface area contributed by atoms with Crippen molar-refractivity contribution in [2.45, 2.75) is 13.0 Å². The van der Waals surface area contributed by atoms with Gasteiger partial charge in [0, 0.05) is 17.9 Å². The maximum absolute atomic E-state index is 13.6. The van der Waals surface area contributed by atoms with Crippen LogP contribution in [0.25, 0.3) is 11.3 Å². The maximum Gasteiger partial charge on any atom is 0.217 e. The number of nitrogens with one attached hydrogen (secondary N) is 1. The average Bonchev–Trinajstić information content (AvgIpc) is 3.11. The first kappa shape index (κ1) is 18.0. The fourth-order valence-electron chi connectivity index (χ4n) is 2.58. The number of halogens is 2. The number of carbonyl (C=O) groups is 1. The van der Waals surface area contributed by atoms with E-state index in [0.29, 0.717) is 22.0 Å². The van der Waals surface area contributed by atoms with Crippen LogP contribution in [-0.4, -0.2) is 18.0 Å². The number of carbonyl (C=O) groups excluding carboxylic acids is 1. The van der Waals surface area contributed by atoms with E-state index in [0.717, 1.165) is 17.7 Å². The molecule has 0 aliphatic heterocycles. The standard InChI is InChI=1S/C19H16F2N2O2S/c1-11(24)22-18(12-7-8-14(20)15(21)9-12)19-23-16(10-26-19)13-5-3-4-6-17(13)25-2/h3-10,18H,1-2H3,(H,22,24). The van der Waals surface area contributed by atoms with Crippen molar-refractivity contribution in [1.82, 2.24) is 10.3 Å². The Bertz CT molecular complexity index is 943. The molecule has 0 bridgehead atoms. The molecule has 134 valence electrons. The van der Waals surface area contributed by atoms with Gasteiger partial charge < -0.3 is 10.1 Å². The van der Waals surface area contributed by atoms with Crippen molar-refractivity contribution in [2.75, 3.05) is 7.11 Å². The minimum atomic E-state index is -0.973. The van der Waals surface area contributed by atoms with Gasteiger partial charge in [0.05, 0.1) is 12.8 Å². The van der Waals surface area contributed by atoms with Crippen LogP contribution >= 0.6 is 11.3 Å². The Morgan fingerprint density at radius 2 is 1.96 bits per heavy atom. The number of aromatic nitrogens is 1. The van der Waals surface area contributed by atoms with E-state index < -0.39 is 17.7 Å². The lowest BCUT2D eigenvalue weighted by molar-refractivity contribution is -0.119. The predicted molar refractivity (Wildman–Crippen MR) is 96.1 cm³/mol. The van der Waals surface area contributed by atoms with Crippen LogP contribution in [0.2, 0.25) is 0 Å². The zero-order valence-corrected chi connectivity index (χ0v) is 14.9. The lowest BCUT2D eigenvalue weighted by Gasteiger charge is -2.16. The van der Waals surface area contributed by atoms with Gasteiger partial charge in [0.25, 0.3) is 0 Å². The summed E-state index contributed by atoms with van der Waals surface area (Å²) in [5.74, 6) is -1.54. The highest BCUT2D eigenvalue weighted by Crippen LogP contribution is 2.33. The fraction of sp³-hybridized carbons (Fsp3) is 0.158. The number of benzene rings is 2. The van der Waals surface area contributed by atoms with Crippen LogP contribution in [0.3, 0.4) is 0 Å². The molecule has 3 rings (SSSR count). The largest absolute Gasteiger partial charge is 0.496 e. The molecule has 0 aliphatic carbocycles. The smallest absolute Gasteiger partial charge is 0.217 e. The van der Waals surface area contributed by atoms with Crippen molar-refractivity contribution in [2.24, 2.45) is 0 Å². The maximum atomic E-state index is 13.6. The Hall–Kier alpha value is -2.80. The molecule has 26 heavy (non-hydrogen) atoms. The van der Waals surface area contributed by atoms with Crippen molar-refractivity contribution in [1.29, 1.82) is 0 Å². The lowest BCUT2D eigenvalue weighted by Crippen LogP contribution is -2.27. The minimum Gasteiger partial charge on any atom is -0.496 e. The van der Waals surface area contributed by atoms with Crippen LogP contribution in [-0.2, 0) is 4.79 Å². The van der Waals surface area contributed by atoms with Gasteiger partial charge in [-0.25, -0.2) is 13.8 Å². The summed E-state index contributed by atoms with van der Waals surface area (Å²) in [6.45, 7) is 1.36. The molecule has 1 N–H and O–H groups in total. The van der Waals surface area contributed by atoms with Gasteiger partial charge in [-0.2, -0.15) is 0 Å². The third-order valence-electron chi connectivity index (χ3n) is 3.78. The molecule has 1 amide bonds. The first-order chi connectivity index (χ1) is 12.5. The Morgan fingerprint density at radius 3 is 2.65 bits per heavy atom. The molecular formula is C19H16F2N2O2S. The molecule has 1 heterocycles. The highest BCUT2D eigenvalue weighted by atomic mass is 32.1. The van der Waals surface area contributed by atoms with Crippen molar-refractivity contribution < 1.29 is 18.3 Å². The van der Waals surface area contributed by atoms with E-state index in [9.17, 15) is 13.6 Å². The van der Waals surface area contributed by atoms with Gasteiger partial charge in [-0.15, -0.1) is 11.3 Å². The molecule has 0 aliphatic rings. The minimum absolute atomic E-state index is 0.297. The summed E-state index contributed by atoms with van der Waals surface area (Å²) in [5, 5.41) is 5.14. The van der Waals surface area contributed by atoms with Crippen LogP contribution in [0.4, 0.5) is 8.78 Å². The quantitative estimate of drug-likeness (QED) is 0.724. The second kappa shape index (κ2) is 7.61. The second-order valence-corrected chi connectivity index (χ2v) is 6.47. The molecule has 3 aromatic rings. The predicted octanol–water partition coefficient (Wildman–Crippen LogP) is 4.32. The van der Waals surface area contributed by atoms with Gasteiger partial charge in [-0.05, 0) is 29.8 Å². The summed E-state index contributed by atoms with van der Waals surface area (Å²) in [6, 6.07) is 10.3. The lowest BCUT2D eigenvalue weighted by atomic mass is 10.1. The first-order valence-electron chi connectivity index (χ1n) is 7.80. The van der Waals surface area contributed by atoms with Crippen LogP contribution < -0.4 is 10.1 Å². The number of methoxy groups -OCH3 is 1. The number of thiazole rings is 1. The van der Waals surface area contributed by atoms with E-state index in [-0.39, 0.29) is 5.91 Å². The molecule has 7 heteroatoms. The molecule has 0 spiro atoms. The number of rotatable bonds is 5. The topological polar surface area (TPSA) is 51.2 Å². The number of amides is 1. The first-order valence-corrected chi connectivity index (χ1v) is 8.68. The summed E-state index contributed by atoms with van der Waals surface area (Å²) < 4.78 is 32.2. The Balaban J connectivity index is 2.01. The van der Waals surface area contributed by atoms with E-state index in [1.54, 1.807) is 7.11 Å². The van der Waals surface area contributed by atoms with Gasteiger partial charge in [0.2, 0.25) is 5.91 Å². The summed E-state index contributed by atoms with van der Waals surface area (Å²) in [5.41, 5.74) is 1.91. The van der Waals surface area contributed by atoms with E-state index >= 15 is 0 Å². The summed E-state index contributed by atoms with van der Waals surface area (Å²) in [6.07, 6.45) is 0. The third-order valence-corrected chi connectivity index (χ3v) is 4.69. The Labute approximate surface area is 153 Å². The van der Waals surface area contributed by atoms with E-state index in [1.165, 1.54) is 24.3 Å². The van der Waals surface area contributed by atoms with Gasteiger partial charge in [0.15, 0.2) is 11.6 Å². The summed E-state index contributed by atoms with van der Waals surface area (Å²) >= 11 is 1.32. The summed E-state index contributed by atoms with van der Waals surface area (Å²) in [7, 11) is 1.58. The van der Waals surface area contributed by atoms with E-state index in [2.05, 4.69) is 10.3 Å². The van der Waals surface area contributed by atoms with Crippen molar-refractivity contribution in [3.8, 4) is 17.0 Å². The SMILES string of the molecule is COc1ccccc1-c1csc(C(NC(C)=O)c2ccc(F)c(F)c2)n1. The van der Waals surface area contributed by atoms with Crippen LogP contribution in [0.15, 0.2) is 47.8 Å². The molecule has 0 saturated heterocycles. The number of para-hydroxylation sites is 1. The molecule has 1 aromatic heterocycles. The molecule has 2 aromatic carbocycles. The highest BCUT2D eigenvalue weighted by molar-refractivity contribution is 7.10. The van der Waals surface area contributed by atoms with Gasteiger partial charge in [0.1, 0.15) is 16.8 Å². The number of hydrogen-bond acceptors (Lipinski definition) is 4. The second-order valence-electron chi connectivity index (χ2n) is 5.58. The van der Waals surface area contributed by atoms with Crippen molar-refractivity contribution in [3.63, 3.8) is 0 Å². The summed E-state index contributed by atoms with van der Waals surface area (Å²) in [4.78, 5) is 16.2. The van der Waals surface area contributed by atoms with Crippen molar-refractivity contribution in [3.05, 3.63) is 70.1 Å². The van der Waals surface area contributed by atoms with Crippen molar-refractivity contribution >= 4 is 17.2 Å². The zero-order chi connectivity index (χ0) is 18.7. The third kappa shape index (κ3) is 3.72. The Morgan fingerprint density at radius 1 is 1.19 bits per heavy atom. The van der Waals surface area contributed by atoms with Gasteiger partial charge >= 0.3 is 0 Å². The number of nitrogens with zero attached hydrogens (tertiary/aromatic N) is 1. The van der Waals surface area contributed by atoms with Gasteiger partial charge in [-0.3, -0.25) is 4.79 Å². The van der Waals surface area contributed by atoms with Gasteiger partial charge in [-0.1, -0.05) is 18.2 Å². The van der Waals surface area contributed by atoms with Crippen LogP contribution in [0.1, 0.15) is 23.5 Å².